The van der Waals surface area contributed by atoms with Crippen molar-refractivity contribution in [2.75, 3.05) is 6.61 Å². The average Bonchev–Trinajstić information content (AvgIpc) is 2.03. The van der Waals surface area contributed by atoms with Gasteiger partial charge in [0.1, 0.15) is 0 Å². The van der Waals surface area contributed by atoms with Crippen LogP contribution < -0.4 is 0 Å². The van der Waals surface area contributed by atoms with E-state index in [0.29, 0.717) is 0 Å². The largest absolute Gasteiger partial charge is 0.237 e. The Bertz CT molecular complexity index is 53.9. The summed E-state index contributed by atoms with van der Waals surface area (Å²) in [4.78, 5) is 0. The van der Waals surface area contributed by atoms with Gasteiger partial charge < -0.3 is 0 Å². The van der Waals surface area contributed by atoms with Gasteiger partial charge in [-0.2, -0.15) is 0 Å². The fourth-order valence-corrected chi connectivity index (χ4v) is 1.24. The topological polar surface area (TPSA) is 19.9 Å². The van der Waals surface area contributed by atoms with Crippen LogP contribution in [0.4, 0.5) is 0 Å². The van der Waals surface area contributed by atoms with Crippen molar-refractivity contribution in [3.63, 3.8) is 0 Å². The predicted octanol–water partition coefficient (Wildman–Crippen LogP) is 3.56. The Hall–Kier alpha value is -0.0400. The van der Waals surface area contributed by atoms with Gasteiger partial charge in [-0.15, -0.1) is 0 Å². The fourth-order valence-electron chi connectivity index (χ4n) is 1.24. The molecule has 0 rings (SSSR count). The zero-order valence-electron chi connectivity index (χ0n) is 7.77. The SMILES string of the molecule is CCCCCCCCCC[O]. The van der Waals surface area contributed by atoms with E-state index in [0.717, 1.165) is 12.8 Å². The standard InChI is InChI=1S/C10H21O/c1-2-3-4-5-6-7-8-9-10-11/h2-10H2,1H3. The molecule has 0 aromatic heterocycles. The summed E-state index contributed by atoms with van der Waals surface area (Å²) in [5.41, 5.74) is 0. The van der Waals surface area contributed by atoms with E-state index in [-0.39, 0.29) is 6.61 Å². The second-order valence-electron chi connectivity index (χ2n) is 3.18. The summed E-state index contributed by atoms with van der Waals surface area (Å²) >= 11 is 0. The molecule has 0 aromatic rings. The molecule has 0 spiro atoms. The molecule has 0 amide bonds. The van der Waals surface area contributed by atoms with E-state index in [9.17, 15) is 5.11 Å². The molecule has 11 heavy (non-hydrogen) atoms. The van der Waals surface area contributed by atoms with E-state index in [4.69, 9.17) is 0 Å². The molecule has 0 unspecified atom stereocenters. The summed E-state index contributed by atoms with van der Waals surface area (Å²) in [6, 6.07) is 0. The quantitative estimate of drug-likeness (QED) is 0.480. The molecule has 0 aliphatic heterocycles. The molecule has 0 bridgehead atoms. The van der Waals surface area contributed by atoms with Gasteiger partial charge in [0.2, 0.25) is 0 Å². The molecule has 1 nitrogen and oxygen atoms in total. The maximum Gasteiger partial charge on any atom is 0.0822 e. The van der Waals surface area contributed by atoms with E-state index in [1.54, 1.807) is 0 Å². The minimum absolute atomic E-state index is 0.120. The van der Waals surface area contributed by atoms with Gasteiger partial charge in [0.15, 0.2) is 0 Å². The Morgan fingerprint density at radius 1 is 0.727 bits per heavy atom. The highest BCUT2D eigenvalue weighted by atomic mass is 16.2. The highest BCUT2D eigenvalue weighted by Gasteiger charge is 1.89. The molecular weight excluding hydrogens is 136 g/mol. The monoisotopic (exact) mass is 157 g/mol. The van der Waals surface area contributed by atoms with Gasteiger partial charge in [-0.05, 0) is 6.42 Å². The molecule has 0 aliphatic carbocycles. The van der Waals surface area contributed by atoms with Crippen LogP contribution in [-0.4, -0.2) is 6.61 Å². The molecule has 1 heteroatoms. The normalized spacial score (nSPS) is 10.4. The van der Waals surface area contributed by atoms with Crippen molar-refractivity contribution in [1.29, 1.82) is 0 Å². The van der Waals surface area contributed by atoms with Crippen LogP contribution in [0.15, 0.2) is 0 Å². The maximum absolute atomic E-state index is 10.1. The van der Waals surface area contributed by atoms with Gasteiger partial charge >= 0.3 is 0 Å². The summed E-state index contributed by atoms with van der Waals surface area (Å²) < 4.78 is 0. The van der Waals surface area contributed by atoms with Crippen LogP contribution in [-0.2, 0) is 5.11 Å². The van der Waals surface area contributed by atoms with E-state index in [2.05, 4.69) is 6.92 Å². The summed E-state index contributed by atoms with van der Waals surface area (Å²) in [7, 11) is 0. The lowest BCUT2D eigenvalue weighted by molar-refractivity contribution is 0.186. The lowest BCUT2D eigenvalue weighted by atomic mass is 10.1. The second-order valence-corrected chi connectivity index (χ2v) is 3.18. The Morgan fingerprint density at radius 3 is 1.64 bits per heavy atom. The van der Waals surface area contributed by atoms with Crippen molar-refractivity contribution in [3.05, 3.63) is 0 Å². The van der Waals surface area contributed by atoms with Crippen LogP contribution in [0.1, 0.15) is 58.3 Å². The Kier molecular flexibility index (Phi) is 9.92. The summed E-state index contributed by atoms with van der Waals surface area (Å²) in [6.45, 7) is 2.35. The average molecular weight is 157 g/mol. The molecular formula is C10H21O. The van der Waals surface area contributed by atoms with Crippen molar-refractivity contribution in [3.8, 4) is 0 Å². The van der Waals surface area contributed by atoms with E-state index in [1.165, 1.54) is 38.5 Å². The number of hydrogen-bond donors (Lipinski definition) is 0. The second kappa shape index (κ2) is 9.96. The molecule has 0 heterocycles. The fraction of sp³-hybridized carbons (Fsp3) is 1.00. The third kappa shape index (κ3) is 9.96. The summed E-state index contributed by atoms with van der Waals surface area (Å²) in [5.74, 6) is 0. The Balaban J connectivity index is 2.69. The van der Waals surface area contributed by atoms with Crippen LogP contribution in [0.3, 0.4) is 0 Å². The van der Waals surface area contributed by atoms with Crippen LogP contribution in [0, 0.1) is 0 Å². The van der Waals surface area contributed by atoms with Gasteiger partial charge in [0.25, 0.3) is 0 Å². The molecule has 0 saturated carbocycles. The van der Waals surface area contributed by atoms with Crippen molar-refractivity contribution in [1.82, 2.24) is 0 Å². The van der Waals surface area contributed by atoms with Crippen molar-refractivity contribution < 1.29 is 5.11 Å². The zero-order valence-corrected chi connectivity index (χ0v) is 7.77. The van der Waals surface area contributed by atoms with Crippen LogP contribution in [0.5, 0.6) is 0 Å². The first-order valence-corrected chi connectivity index (χ1v) is 5.00. The van der Waals surface area contributed by atoms with Gasteiger partial charge in [0.05, 0.1) is 6.61 Å². The van der Waals surface area contributed by atoms with Crippen molar-refractivity contribution >= 4 is 0 Å². The van der Waals surface area contributed by atoms with Gasteiger partial charge in [-0.3, -0.25) is 0 Å². The molecule has 0 aromatic carbocycles. The highest BCUT2D eigenvalue weighted by Crippen LogP contribution is 2.07. The summed E-state index contributed by atoms with van der Waals surface area (Å²) in [6.07, 6.45) is 10.1. The molecule has 67 valence electrons. The minimum Gasteiger partial charge on any atom is -0.237 e. The first-order chi connectivity index (χ1) is 5.41. The maximum atomic E-state index is 10.1. The Labute approximate surface area is 70.8 Å². The first-order valence-electron chi connectivity index (χ1n) is 5.00. The van der Waals surface area contributed by atoms with Gasteiger partial charge in [0, 0.05) is 0 Å². The minimum atomic E-state index is 0.120. The van der Waals surface area contributed by atoms with E-state index in [1.807, 2.05) is 0 Å². The lowest BCUT2D eigenvalue weighted by Crippen LogP contribution is -1.82. The highest BCUT2D eigenvalue weighted by molar-refractivity contribution is 4.44. The number of unbranched alkanes of at least 4 members (excludes halogenated alkanes) is 7. The smallest absolute Gasteiger partial charge is 0.0822 e. The third-order valence-electron chi connectivity index (χ3n) is 2.00. The first kappa shape index (κ1) is 11.0. The van der Waals surface area contributed by atoms with Gasteiger partial charge in [-0.1, -0.05) is 51.9 Å². The molecule has 0 saturated heterocycles. The van der Waals surface area contributed by atoms with Gasteiger partial charge in [-0.25, -0.2) is 5.11 Å². The zero-order chi connectivity index (χ0) is 8.36. The molecule has 1 radical (unpaired) electrons. The number of hydrogen-bond acceptors (Lipinski definition) is 0. The summed E-state index contributed by atoms with van der Waals surface area (Å²) in [5, 5.41) is 10.1. The Morgan fingerprint density at radius 2 is 1.18 bits per heavy atom. The molecule has 0 N–H and O–H groups in total. The molecule has 0 fully saturated rings. The third-order valence-corrected chi connectivity index (χ3v) is 2.00. The number of rotatable bonds is 8. The van der Waals surface area contributed by atoms with E-state index >= 15 is 0 Å². The molecule has 0 aliphatic rings. The van der Waals surface area contributed by atoms with E-state index < -0.39 is 0 Å². The van der Waals surface area contributed by atoms with Crippen LogP contribution >= 0.6 is 0 Å². The molecule has 0 atom stereocenters. The lowest BCUT2D eigenvalue weighted by Gasteiger charge is -1.98. The van der Waals surface area contributed by atoms with Crippen LogP contribution in [0.25, 0.3) is 0 Å². The van der Waals surface area contributed by atoms with Crippen LogP contribution in [0.2, 0.25) is 0 Å². The predicted molar refractivity (Wildman–Crippen MR) is 48.2 cm³/mol. The van der Waals surface area contributed by atoms with Crippen molar-refractivity contribution in [2.45, 2.75) is 58.3 Å². The van der Waals surface area contributed by atoms with Crippen molar-refractivity contribution in [2.24, 2.45) is 0 Å².